The van der Waals surface area contributed by atoms with Gasteiger partial charge in [-0.1, -0.05) is 23.7 Å². The fourth-order valence-electron chi connectivity index (χ4n) is 2.94. The fourth-order valence-corrected chi connectivity index (χ4v) is 4.04. The minimum atomic E-state index is -0.991. The number of hydrogen-bond acceptors (Lipinski definition) is 5. The molecule has 0 aliphatic rings. The Morgan fingerprint density at radius 3 is 2.67 bits per heavy atom. The number of hydrogen-bond donors (Lipinski definition) is 1. The van der Waals surface area contributed by atoms with Crippen LogP contribution in [-0.2, 0) is 27.3 Å². The number of halogens is 2. The third-order valence-electron chi connectivity index (χ3n) is 4.53. The van der Waals surface area contributed by atoms with Crippen LogP contribution in [0.1, 0.15) is 11.1 Å². The van der Waals surface area contributed by atoms with Crippen LogP contribution in [0.15, 0.2) is 59.7 Å². The van der Waals surface area contributed by atoms with Gasteiger partial charge in [-0.2, -0.15) is 0 Å². The Morgan fingerprint density at radius 1 is 1.23 bits per heavy atom. The molecule has 0 atom stereocenters. The van der Waals surface area contributed by atoms with Crippen molar-refractivity contribution in [2.24, 2.45) is 0 Å². The molecule has 8 heteroatoms. The van der Waals surface area contributed by atoms with Gasteiger partial charge >= 0.3 is 5.97 Å². The first-order valence-corrected chi connectivity index (χ1v) is 10.3. The monoisotopic (exact) mass is 447 g/mol. The molecule has 5 nitrogen and oxygen atoms in total. The van der Waals surface area contributed by atoms with Gasteiger partial charge in [-0.25, -0.2) is 9.18 Å². The van der Waals surface area contributed by atoms with Crippen molar-refractivity contribution >= 4 is 44.9 Å². The zero-order valence-corrected chi connectivity index (χ0v) is 17.7. The van der Waals surface area contributed by atoms with E-state index in [0.717, 1.165) is 34.4 Å². The van der Waals surface area contributed by atoms with Crippen molar-refractivity contribution in [2.45, 2.75) is 13.0 Å². The van der Waals surface area contributed by atoms with Gasteiger partial charge in [0.05, 0.1) is 13.2 Å². The Labute approximate surface area is 181 Å². The molecule has 0 spiro atoms. The molecule has 0 fully saturated rings. The van der Waals surface area contributed by atoms with Gasteiger partial charge in [0.15, 0.2) is 0 Å². The van der Waals surface area contributed by atoms with Crippen molar-refractivity contribution in [3.8, 4) is 0 Å². The third kappa shape index (κ3) is 5.37. The number of aliphatic hydroxyl groups is 1. The number of amides is 1. The summed E-state index contributed by atoms with van der Waals surface area (Å²) in [6.45, 7) is 0.554. The van der Waals surface area contributed by atoms with Crippen molar-refractivity contribution < 1.29 is 23.8 Å². The van der Waals surface area contributed by atoms with Crippen LogP contribution in [0.2, 0.25) is 5.02 Å². The predicted octanol–water partition coefficient (Wildman–Crippen LogP) is 4.88. The average Bonchev–Trinajstić information content (AvgIpc) is 3.13. The van der Waals surface area contributed by atoms with Crippen LogP contribution in [0.25, 0.3) is 10.1 Å². The number of carbonyl (C=O) groups is 2. The van der Waals surface area contributed by atoms with E-state index in [1.807, 2.05) is 17.5 Å². The van der Waals surface area contributed by atoms with Crippen molar-refractivity contribution in [3.63, 3.8) is 0 Å². The number of carbonyl (C=O) groups excluding carboxylic acids is 2. The second-order valence-electron chi connectivity index (χ2n) is 6.56. The number of ether oxygens (including phenoxy) is 1. The van der Waals surface area contributed by atoms with Crippen LogP contribution < -0.4 is 0 Å². The lowest BCUT2D eigenvalue weighted by atomic mass is 10.1. The molecule has 1 N–H and O–H groups in total. The maximum Gasteiger partial charge on any atom is 0.373 e. The van der Waals surface area contributed by atoms with E-state index < -0.39 is 17.6 Å². The fraction of sp³-hybridized carbons (Fsp3) is 0.182. The molecule has 0 unspecified atom stereocenters. The van der Waals surface area contributed by atoms with Crippen LogP contribution in [0.4, 0.5) is 4.39 Å². The number of methoxy groups -OCH3 is 1. The zero-order chi connectivity index (χ0) is 21.7. The molecule has 0 radical (unpaired) electrons. The molecular formula is C22H19ClFNO4S. The lowest BCUT2D eigenvalue weighted by molar-refractivity contribution is -0.139. The Kier molecular flexibility index (Phi) is 7.07. The number of rotatable bonds is 7. The Balaban J connectivity index is 1.85. The molecule has 30 heavy (non-hydrogen) atoms. The number of fused-ring (bicyclic) bond motifs is 1. The number of esters is 1. The van der Waals surface area contributed by atoms with E-state index in [1.165, 1.54) is 28.4 Å². The first kappa shape index (κ1) is 21.8. The van der Waals surface area contributed by atoms with Gasteiger partial charge in [0.2, 0.25) is 5.76 Å². The minimum absolute atomic E-state index is 0.255. The lowest BCUT2D eigenvalue weighted by Gasteiger charge is -2.21. The summed E-state index contributed by atoms with van der Waals surface area (Å²) in [6.07, 6.45) is 1.32. The second kappa shape index (κ2) is 9.73. The Hall–Kier alpha value is -2.90. The summed E-state index contributed by atoms with van der Waals surface area (Å²) in [4.78, 5) is 25.7. The number of benzene rings is 2. The van der Waals surface area contributed by atoms with E-state index in [1.54, 1.807) is 18.2 Å². The molecule has 0 saturated heterocycles. The van der Waals surface area contributed by atoms with Crippen molar-refractivity contribution in [1.29, 1.82) is 0 Å². The molecule has 3 rings (SSSR count). The van der Waals surface area contributed by atoms with Gasteiger partial charge in [-0.3, -0.25) is 4.79 Å². The molecular weight excluding hydrogens is 429 g/mol. The Bertz CT molecular complexity index is 1090. The molecule has 1 aromatic heterocycles. The summed E-state index contributed by atoms with van der Waals surface area (Å²) in [5.41, 5.74) is 1.75. The highest BCUT2D eigenvalue weighted by molar-refractivity contribution is 7.17. The third-order valence-corrected chi connectivity index (χ3v) is 5.77. The summed E-state index contributed by atoms with van der Waals surface area (Å²) in [7, 11) is 1.12. The summed E-state index contributed by atoms with van der Waals surface area (Å²) >= 11 is 7.66. The summed E-state index contributed by atoms with van der Waals surface area (Å²) in [5, 5.41) is 13.2. The highest BCUT2D eigenvalue weighted by atomic mass is 35.5. The van der Waals surface area contributed by atoms with E-state index >= 15 is 0 Å². The molecule has 3 aromatic rings. The SMILES string of the molecule is COC(=O)/C(O)=C/C(=O)N(CCc1ccc(F)cc1)Cc1csc2ccc(Cl)cc12. The van der Waals surface area contributed by atoms with Crippen molar-refractivity contribution in [1.82, 2.24) is 4.90 Å². The molecule has 1 heterocycles. The van der Waals surface area contributed by atoms with Crippen molar-refractivity contribution in [3.05, 3.63) is 81.6 Å². The lowest BCUT2D eigenvalue weighted by Crippen LogP contribution is -2.31. The van der Waals surface area contributed by atoms with Crippen LogP contribution in [0, 0.1) is 5.82 Å². The molecule has 0 saturated carbocycles. The summed E-state index contributed by atoms with van der Waals surface area (Å²) in [5.74, 6) is -2.64. The van der Waals surface area contributed by atoms with E-state index in [-0.39, 0.29) is 12.4 Å². The predicted molar refractivity (Wildman–Crippen MR) is 115 cm³/mol. The maximum atomic E-state index is 13.1. The van der Waals surface area contributed by atoms with Gasteiger partial charge < -0.3 is 14.7 Å². The van der Waals surface area contributed by atoms with Gasteiger partial charge in [0.25, 0.3) is 5.91 Å². The van der Waals surface area contributed by atoms with Crippen LogP contribution in [-0.4, -0.2) is 35.5 Å². The van der Waals surface area contributed by atoms with Crippen LogP contribution in [0.5, 0.6) is 0 Å². The first-order chi connectivity index (χ1) is 14.4. The van der Waals surface area contributed by atoms with E-state index in [9.17, 15) is 19.1 Å². The highest BCUT2D eigenvalue weighted by Gasteiger charge is 2.18. The molecule has 156 valence electrons. The largest absolute Gasteiger partial charge is 0.502 e. The molecule has 0 aliphatic heterocycles. The van der Waals surface area contributed by atoms with Gasteiger partial charge in [0, 0.05) is 22.8 Å². The quantitative estimate of drug-likeness (QED) is 0.318. The van der Waals surface area contributed by atoms with Gasteiger partial charge in [-0.05, 0) is 58.6 Å². The standard InChI is InChI=1S/C22H19ClFNO4S/c1-29-22(28)19(26)11-21(27)25(9-8-14-2-5-17(24)6-3-14)12-15-13-30-20-7-4-16(23)10-18(15)20/h2-7,10-11,13,26H,8-9,12H2,1H3/b19-11-. The van der Waals surface area contributed by atoms with E-state index in [2.05, 4.69) is 4.74 Å². The summed E-state index contributed by atoms with van der Waals surface area (Å²) < 4.78 is 18.6. The van der Waals surface area contributed by atoms with Crippen LogP contribution >= 0.6 is 22.9 Å². The average molecular weight is 448 g/mol. The number of thiophene rings is 1. The van der Waals surface area contributed by atoms with E-state index in [4.69, 9.17) is 11.6 Å². The van der Waals surface area contributed by atoms with Gasteiger partial charge in [0.1, 0.15) is 5.82 Å². The minimum Gasteiger partial charge on any atom is -0.502 e. The van der Waals surface area contributed by atoms with Crippen LogP contribution in [0.3, 0.4) is 0 Å². The zero-order valence-electron chi connectivity index (χ0n) is 16.1. The highest BCUT2D eigenvalue weighted by Crippen LogP contribution is 2.29. The first-order valence-electron chi connectivity index (χ1n) is 9.05. The van der Waals surface area contributed by atoms with Crippen molar-refractivity contribution in [2.75, 3.05) is 13.7 Å². The molecule has 1 amide bonds. The smallest absolute Gasteiger partial charge is 0.373 e. The maximum absolute atomic E-state index is 13.1. The number of aliphatic hydroxyl groups excluding tert-OH is 1. The molecule has 2 aromatic carbocycles. The number of nitrogens with zero attached hydrogens (tertiary/aromatic N) is 1. The Morgan fingerprint density at radius 2 is 1.97 bits per heavy atom. The van der Waals surface area contributed by atoms with Gasteiger partial charge in [-0.15, -0.1) is 11.3 Å². The molecule has 0 bridgehead atoms. The molecule has 0 aliphatic carbocycles. The van der Waals surface area contributed by atoms with E-state index in [0.29, 0.717) is 18.0 Å². The normalized spacial score (nSPS) is 11.5. The second-order valence-corrected chi connectivity index (χ2v) is 7.91. The summed E-state index contributed by atoms with van der Waals surface area (Å²) in [6, 6.07) is 11.6. The topological polar surface area (TPSA) is 66.8 Å².